The molecule has 0 spiro atoms. The summed E-state index contributed by atoms with van der Waals surface area (Å²) < 4.78 is 10.5. The molecule has 7 heteroatoms. The van der Waals surface area contributed by atoms with Crippen molar-refractivity contribution in [3.8, 4) is 11.5 Å². The molecule has 0 heterocycles. The fourth-order valence-electron chi connectivity index (χ4n) is 2.41. The molecular formula is C20H26N4O3. The Morgan fingerprint density at radius 1 is 1.00 bits per heavy atom. The van der Waals surface area contributed by atoms with Crippen molar-refractivity contribution in [2.24, 2.45) is 4.99 Å². The van der Waals surface area contributed by atoms with Crippen LogP contribution in [0.3, 0.4) is 0 Å². The highest BCUT2D eigenvalue weighted by molar-refractivity contribution is 5.94. The Morgan fingerprint density at radius 2 is 1.74 bits per heavy atom. The normalized spacial score (nSPS) is 10.9. The van der Waals surface area contributed by atoms with Gasteiger partial charge in [0, 0.05) is 38.3 Å². The van der Waals surface area contributed by atoms with Crippen molar-refractivity contribution >= 4 is 17.6 Å². The molecule has 27 heavy (non-hydrogen) atoms. The second kappa shape index (κ2) is 10.7. The Hall–Kier alpha value is -3.22. The van der Waals surface area contributed by atoms with E-state index in [2.05, 4.69) is 20.9 Å². The smallest absolute Gasteiger partial charge is 0.222 e. The molecule has 2 aromatic carbocycles. The molecule has 0 bridgehead atoms. The van der Waals surface area contributed by atoms with Gasteiger partial charge in [0.1, 0.15) is 0 Å². The van der Waals surface area contributed by atoms with Gasteiger partial charge in [-0.3, -0.25) is 9.79 Å². The highest BCUT2D eigenvalue weighted by Crippen LogP contribution is 2.29. The van der Waals surface area contributed by atoms with E-state index in [4.69, 9.17) is 9.47 Å². The van der Waals surface area contributed by atoms with Crippen LogP contribution in [-0.2, 0) is 11.3 Å². The lowest BCUT2D eigenvalue weighted by atomic mass is 10.2. The zero-order valence-corrected chi connectivity index (χ0v) is 15.9. The topological polar surface area (TPSA) is 84.0 Å². The van der Waals surface area contributed by atoms with Gasteiger partial charge in [0.15, 0.2) is 17.5 Å². The van der Waals surface area contributed by atoms with Crippen LogP contribution in [0.5, 0.6) is 11.5 Å². The van der Waals surface area contributed by atoms with E-state index >= 15 is 0 Å². The van der Waals surface area contributed by atoms with E-state index in [1.165, 1.54) is 0 Å². The third-order valence-electron chi connectivity index (χ3n) is 3.85. The molecule has 0 aliphatic heterocycles. The van der Waals surface area contributed by atoms with Gasteiger partial charge in [-0.1, -0.05) is 30.3 Å². The number of rotatable bonds is 8. The van der Waals surface area contributed by atoms with Crippen molar-refractivity contribution in [2.75, 3.05) is 33.1 Å². The van der Waals surface area contributed by atoms with Gasteiger partial charge in [-0.2, -0.15) is 0 Å². The Bertz CT molecular complexity index is 763. The number of anilines is 1. The van der Waals surface area contributed by atoms with Gasteiger partial charge in [-0.05, 0) is 17.7 Å². The second-order valence-corrected chi connectivity index (χ2v) is 5.71. The van der Waals surface area contributed by atoms with E-state index in [-0.39, 0.29) is 5.91 Å². The number of hydrogen-bond acceptors (Lipinski definition) is 4. The number of ether oxygens (including phenoxy) is 2. The van der Waals surface area contributed by atoms with Crippen molar-refractivity contribution in [3.05, 3.63) is 54.1 Å². The first-order chi connectivity index (χ1) is 13.2. The number of nitrogens with zero attached hydrogens (tertiary/aromatic N) is 1. The Labute approximate surface area is 159 Å². The average Bonchev–Trinajstić information content (AvgIpc) is 2.72. The molecule has 0 radical (unpaired) electrons. The standard InChI is InChI=1S/C20H26N4O3/c1-21-20(24-16-9-10-17(26-2)18(13-16)27-3)22-12-11-19(25)23-14-15-7-5-4-6-8-15/h4-10,13H,11-12,14H2,1-3H3,(H,23,25)(H2,21,22,24). The van der Waals surface area contributed by atoms with Crippen molar-refractivity contribution in [1.82, 2.24) is 10.6 Å². The van der Waals surface area contributed by atoms with Crippen LogP contribution in [0.1, 0.15) is 12.0 Å². The Kier molecular flexibility index (Phi) is 7.96. The van der Waals surface area contributed by atoms with E-state index in [1.54, 1.807) is 21.3 Å². The van der Waals surface area contributed by atoms with E-state index in [0.717, 1.165) is 11.3 Å². The maximum Gasteiger partial charge on any atom is 0.222 e. The van der Waals surface area contributed by atoms with Crippen molar-refractivity contribution in [2.45, 2.75) is 13.0 Å². The van der Waals surface area contributed by atoms with Crippen molar-refractivity contribution in [3.63, 3.8) is 0 Å². The largest absolute Gasteiger partial charge is 0.493 e. The molecule has 144 valence electrons. The minimum Gasteiger partial charge on any atom is -0.493 e. The molecule has 7 nitrogen and oxygen atoms in total. The first kappa shape index (κ1) is 20.1. The number of carbonyl (C=O) groups is 1. The fraction of sp³-hybridized carbons (Fsp3) is 0.300. The van der Waals surface area contributed by atoms with Crippen LogP contribution in [0.2, 0.25) is 0 Å². The predicted octanol–water partition coefficient (Wildman–Crippen LogP) is 2.40. The van der Waals surface area contributed by atoms with Crippen LogP contribution >= 0.6 is 0 Å². The maximum atomic E-state index is 12.0. The highest BCUT2D eigenvalue weighted by Gasteiger charge is 2.07. The summed E-state index contributed by atoms with van der Waals surface area (Å²) in [5.41, 5.74) is 1.87. The summed E-state index contributed by atoms with van der Waals surface area (Å²) in [5, 5.41) is 9.18. The van der Waals surface area contributed by atoms with Crippen LogP contribution in [0.4, 0.5) is 5.69 Å². The molecule has 0 atom stereocenters. The summed E-state index contributed by atoms with van der Waals surface area (Å²) in [6.07, 6.45) is 0.347. The number of amides is 1. The van der Waals surface area contributed by atoms with Crippen molar-refractivity contribution in [1.29, 1.82) is 0 Å². The lowest BCUT2D eigenvalue weighted by Crippen LogP contribution is -2.34. The molecule has 0 aliphatic rings. The molecular weight excluding hydrogens is 344 g/mol. The van der Waals surface area contributed by atoms with E-state index in [9.17, 15) is 4.79 Å². The number of guanidine groups is 1. The SMILES string of the molecule is CN=C(NCCC(=O)NCc1ccccc1)Nc1ccc(OC)c(OC)c1. The Balaban J connectivity index is 1.77. The van der Waals surface area contributed by atoms with Crippen LogP contribution in [0, 0.1) is 0 Å². The predicted molar refractivity (Wildman–Crippen MR) is 107 cm³/mol. The lowest BCUT2D eigenvalue weighted by molar-refractivity contribution is -0.121. The molecule has 0 aliphatic carbocycles. The first-order valence-electron chi connectivity index (χ1n) is 8.66. The monoisotopic (exact) mass is 370 g/mol. The first-order valence-corrected chi connectivity index (χ1v) is 8.66. The highest BCUT2D eigenvalue weighted by atomic mass is 16.5. The number of aliphatic imine (C=N–C) groups is 1. The number of hydrogen-bond donors (Lipinski definition) is 3. The van der Waals surface area contributed by atoms with Crippen LogP contribution in [0.15, 0.2) is 53.5 Å². The zero-order chi connectivity index (χ0) is 19.5. The van der Waals surface area contributed by atoms with E-state index in [1.807, 2.05) is 48.5 Å². The van der Waals surface area contributed by atoms with Crippen LogP contribution in [0.25, 0.3) is 0 Å². The van der Waals surface area contributed by atoms with Gasteiger partial charge in [0.25, 0.3) is 0 Å². The fourth-order valence-corrected chi connectivity index (χ4v) is 2.41. The third kappa shape index (κ3) is 6.54. The van der Waals surface area contributed by atoms with E-state index in [0.29, 0.717) is 37.0 Å². The Morgan fingerprint density at radius 3 is 2.41 bits per heavy atom. The van der Waals surface area contributed by atoms with Crippen LogP contribution < -0.4 is 25.4 Å². The average molecular weight is 370 g/mol. The molecule has 2 aromatic rings. The van der Waals surface area contributed by atoms with Gasteiger partial charge in [-0.15, -0.1) is 0 Å². The summed E-state index contributed by atoms with van der Waals surface area (Å²) in [7, 11) is 4.85. The number of carbonyl (C=O) groups excluding carboxylic acids is 1. The number of nitrogens with one attached hydrogen (secondary N) is 3. The third-order valence-corrected chi connectivity index (χ3v) is 3.85. The van der Waals surface area contributed by atoms with Crippen LogP contribution in [-0.4, -0.2) is 39.7 Å². The number of benzene rings is 2. The summed E-state index contributed by atoms with van der Waals surface area (Å²) in [4.78, 5) is 16.1. The van der Waals surface area contributed by atoms with Gasteiger partial charge < -0.3 is 25.4 Å². The molecule has 0 fully saturated rings. The number of methoxy groups -OCH3 is 2. The summed E-state index contributed by atoms with van der Waals surface area (Å²) >= 11 is 0. The summed E-state index contributed by atoms with van der Waals surface area (Å²) in [5.74, 6) is 1.82. The molecule has 1 amide bonds. The second-order valence-electron chi connectivity index (χ2n) is 5.71. The van der Waals surface area contributed by atoms with Gasteiger partial charge >= 0.3 is 0 Å². The summed E-state index contributed by atoms with van der Waals surface area (Å²) in [6, 6.07) is 15.3. The molecule has 0 aromatic heterocycles. The quantitative estimate of drug-likeness (QED) is 0.491. The van der Waals surface area contributed by atoms with Gasteiger partial charge in [-0.25, -0.2) is 0 Å². The maximum absolute atomic E-state index is 12.0. The zero-order valence-electron chi connectivity index (χ0n) is 15.9. The minimum atomic E-state index is -0.0204. The molecule has 0 unspecified atom stereocenters. The van der Waals surface area contributed by atoms with Crippen molar-refractivity contribution < 1.29 is 14.3 Å². The molecule has 0 saturated carbocycles. The molecule has 0 saturated heterocycles. The van der Waals surface area contributed by atoms with Gasteiger partial charge in [0.2, 0.25) is 5.91 Å². The molecule has 3 N–H and O–H groups in total. The summed E-state index contributed by atoms with van der Waals surface area (Å²) in [6.45, 7) is 0.992. The minimum absolute atomic E-state index is 0.0204. The van der Waals surface area contributed by atoms with E-state index < -0.39 is 0 Å². The lowest BCUT2D eigenvalue weighted by Gasteiger charge is -2.14. The van der Waals surface area contributed by atoms with Gasteiger partial charge in [0.05, 0.1) is 14.2 Å². The molecule has 2 rings (SSSR count).